The highest BCUT2D eigenvalue weighted by Gasteiger charge is 2.18. The third-order valence-corrected chi connectivity index (χ3v) is 1.91. The van der Waals surface area contributed by atoms with E-state index in [1.165, 1.54) is 12.5 Å². The highest BCUT2D eigenvalue weighted by atomic mass is 32.2. The molecule has 0 saturated carbocycles. The molecule has 2 N–H and O–H groups in total. The van der Waals surface area contributed by atoms with Gasteiger partial charge in [-0.05, 0) is 23.9 Å². The first kappa shape index (κ1) is 13.2. The van der Waals surface area contributed by atoms with Gasteiger partial charge < -0.3 is 10.2 Å². The van der Waals surface area contributed by atoms with Crippen molar-refractivity contribution in [1.82, 2.24) is 8.94 Å². The van der Waals surface area contributed by atoms with Crippen molar-refractivity contribution in [3.63, 3.8) is 0 Å². The van der Waals surface area contributed by atoms with Crippen LogP contribution in [0.4, 0.5) is 9.59 Å². The van der Waals surface area contributed by atoms with Gasteiger partial charge in [-0.15, -0.1) is 0 Å². The van der Waals surface area contributed by atoms with Crippen molar-refractivity contribution in [2.45, 2.75) is 0 Å². The van der Waals surface area contributed by atoms with Gasteiger partial charge in [0.25, 0.3) is 0 Å². The van der Waals surface area contributed by atoms with Crippen LogP contribution in [0.15, 0.2) is 0 Å². The Hall–Kier alpha value is -0.840. The van der Waals surface area contributed by atoms with Crippen LogP contribution in [-0.2, 0) is 9.98 Å². The molecule has 0 aromatic rings. The van der Waals surface area contributed by atoms with Crippen molar-refractivity contribution in [2.75, 3.05) is 12.5 Å². The molecule has 0 unspecified atom stereocenters. The van der Waals surface area contributed by atoms with Crippen LogP contribution in [0.25, 0.3) is 0 Å². The fourth-order valence-corrected chi connectivity index (χ4v) is 0.830. The highest BCUT2D eigenvalue weighted by Crippen LogP contribution is 2.12. The van der Waals surface area contributed by atoms with Gasteiger partial charge in [-0.1, -0.05) is 18.9 Å². The van der Waals surface area contributed by atoms with E-state index in [0.717, 1.165) is 0 Å². The second kappa shape index (κ2) is 6.59. The zero-order chi connectivity index (χ0) is 11.1. The fraction of sp³-hybridized carbons (Fsp3) is 0.500. The van der Waals surface area contributed by atoms with E-state index in [1.807, 2.05) is 0 Å². The first-order valence-electron chi connectivity index (χ1n) is 3.02. The van der Waals surface area contributed by atoms with E-state index in [9.17, 15) is 9.59 Å². The van der Waals surface area contributed by atoms with Gasteiger partial charge in [0.15, 0.2) is 0 Å². The summed E-state index contributed by atoms with van der Waals surface area (Å²) in [4.78, 5) is 29.0. The zero-order valence-electron chi connectivity index (χ0n) is 7.24. The Balaban J connectivity index is 4.00. The molecule has 0 aromatic heterocycles. The van der Waals surface area contributed by atoms with Crippen LogP contribution in [0.3, 0.4) is 0 Å². The van der Waals surface area contributed by atoms with Crippen molar-refractivity contribution in [3.05, 3.63) is 0 Å². The Morgan fingerprint density at radius 2 is 1.29 bits per heavy atom. The van der Waals surface area contributed by atoms with Crippen LogP contribution in [-0.4, -0.2) is 43.8 Å². The summed E-state index contributed by atoms with van der Waals surface area (Å²) < 4.78 is 0.707. The van der Waals surface area contributed by atoms with Crippen LogP contribution in [0.5, 0.6) is 0 Å². The second-order valence-corrected chi connectivity index (χ2v) is 2.99. The Labute approximate surface area is 87.8 Å². The van der Waals surface area contributed by atoms with Crippen LogP contribution >= 0.6 is 23.9 Å². The molecule has 0 aliphatic rings. The summed E-state index contributed by atoms with van der Waals surface area (Å²) in [7, 11) is 0. The summed E-state index contributed by atoms with van der Waals surface area (Å²) in [6.07, 6.45) is 0.0106. The van der Waals surface area contributed by atoms with Gasteiger partial charge in [-0.2, -0.15) is 0 Å². The Morgan fingerprint density at radius 1 is 1.00 bits per heavy atom. The molecular weight excluding hydrogens is 236 g/mol. The molecule has 82 valence electrons. The van der Waals surface area contributed by atoms with E-state index in [1.54, 1.807) is 0 Å². The first-order valence-corrected chi connectivity index (χ1v) is 5.38. The average molecular weight is 244 g/mol. The molecule has 8 nitrogen and oxygen atoms in total. The van der Waals surface area contributed by atoms with Crippen LogP contribution in [0.2, 0.25) is 0 Å². The van der Waals surface area contributed by atoms with Gasteiger partial charge >= 0.3 is 12.2 Å². The maximum Gasteiger partial charge on any atom is 0.444 e. The van der Waals surface area contributed by atoms with Gasteiger partial charge in [0, 0.05) is 12.5 Å². The first-order chi connectivity index (χ1) is 6.52. The fourth-order valence-electron chi connectivity index (χ4n) is 0.341. The standard InChI is InChI=1S/C4H8N2O6S2/c1-13-5(3(7)8)11-12-6(14-2)4(9)10/h1-2H3,(H,7,8)(H,9,10). The maximum absolute atomic E-state index is 10.3. The molecule has 0 bridgehead atoms. The van der Waals surface area contributed by atoms with Crippen LogP contribution in [0.1, 0.15) is 0 Å². The number of hydrogen-bond donors (Lipinski definition) is 2. The lowest BCUT2D eigenvalue weighted by Crippen LogP contribution is -2.29. The van der Waals surface area contributed by atoms with Gasteiger partial charge in [-0.3, -0.25) is 0 Å². The molecular formula is C4H8N2O6S2. The lowest BCUT2D eigenvalue weighted by Gasteiger charge is -2.16. The lowest BCUT2D eigenvalue weighted by molar-refractivity contribution is -0.440. The normalized spacial score (nSPS) is 9.57. The van der Waals surface area contributed by atoms with E-state index in [2.05, 4.69) is 9.98 Å². The van der Waals surface area contributed by atoms with E-state index in [0.29, 0.717) is 32.8 Å². The largest absolute Gasteiger partial charge is 0.463 e. The number of hydrogen-bond acceptors (Lipinski definition) is 6. The Kier molecular flexibility index (Phi) is 6.19. The highest BCUT2D eigenvalue weighted by molar-refractivity contribution is 7.96. The van der Waals surface area contributed by atoms with Crippen molar-refractivity contribution in [2.24, 2.45) is 0 Å². The minimum Gasteiger partial charge on any atom is -0.463 e. The minimum atomic E-state index is -1.41. The van der Waals surface area contributed by atoms with Crippen LogP contribution in [0, 0.1) is 0 Å². The molecule has 0 aliphatic carbocycles. The van der Waals surface area contributed by atoms with E-state index < -0.39 is 12.2 Å². The summed E-state index contributed by atoms with van der Waals surface area (Å²) >= 11 is 1.40. The molecule has 14 heavy (non-hydrogen) atoms. The Bertz CT molecular complexity index is 192. The van der Waals surface area contributed by atoms with Crippen molar-refractivity contribution in [3.8, 4) is 0 Å². The summed E-state index contributed by atoms with van der Waals surface area (Å²) in [5.41, 5.74) is 0. The molecule has 0 rings (SSSR count). The van der Waals surface area contributed by atoms with E-state index in [-0.39, 0.29) is 0 Å². The summed E-state index contributed by atoms with van der Waals surface area (Å²) in [5.74, 6) is 0. The number of carboxylic acid groups (broad SMARTS) is 2. The smallest absolute Gasteiger partial charge is 0.444 e. The zero-order valence-corrected chi connectivity index (χ0v) is 8.87. The summed E-state index contributed by atoms with van der Waals surface area (Å²) in [6, 6.07) is 0. The number of hydroxylamine groups is 2. The average Bonchev–Trinajstić information content (AvgIpc) is 2.11. The quantitative estimate of drug-likeness (QED) is 0.424. The third-order valence-electron chi connectivity index (χ3n) is 0.813. The third kappa shape index (κ3) is 4.41. The van der Waals surface area contributed by atoms with Crippen LogP contribution < -0.4 is 0 Å². The molecule has 0 atom stereocenters. The van der Waals surface area contributed by atoms with Gasteiger partial charge in [0.2, 0.25) is 0 Å². The molecule has 0 aromatic carbocycles. The van der Waals surface area contributed by atoms with Gasteiger partial charge in [0.1, 0.15) is 0 Å². The topological polar surface area (TPSA) is 99.5 Å². The molecule has 0 heterocycles. The summed E-state index contributed by atoms with van der Waals surface area (Å²) in [6.45, 7) is 0. The molecule has 0 saturated heterocycles. The van der Waals surface area contributed by atoms with Gasteiger partial charge in [0.05, 0.1) is 0 Å². The number of carbonyl (C=O) groups is 2. The second-order valence-electron chi connectivity index (χ2n) is 1.59. The SMILES string of the molecule is CSN(OON(SC)C(=O)O)C(=O)O. The van der Waals surface area contributed by atoms with E-state index in [4.69, 9.17) is 10.2 Å². The number of nitrogens with zero attached hydrogens (tertiary/aromatic N) is 2. The van der Waals surface area contributed by atoms with Crippen molar-refractivity contribution >= 4 is 36.1 Å². The monoisotopic (exact) mass is 244 g/mol. The predicted molar refractivity (Wildman–Crippen MR) is 48.9 cm³/mol. The summed E-state index contributed by atoms with van der Waals surface area (Å²) in [5, 5.41) is 16.8. The molecule has 10 heteroatoms. The number of amides is 2. The minimum absolute atomic E-state index is 0.353. The molecule has 0 aliphatic heterocycles. The predicted octanol–water partition coefficient (Wildman–Crippen LogP) is 1.28. The van der Waals surface area contributed by atoms with Crippen molar-refractivity contribution < 1.29 is 29.8 Å². The van der Waals surface area contributed by atoms with Gasteiger partial charge in [-0.25, -0.2) is 9.59 Å². The lowest BCUT2D eigenvalue weighted by atomic mass is 11.3. The maximum atomic E-state index is 10.3. The molecule has 2 amide bonds. The number of rotatable bonds is 5. The molecule has 0 fully saturated rings. The van der Waals surface area contributed by atoms with E-state index >= 15 is 0 Å². The van der Waals surface area contributed by atoms with Crippen molar-refractivity contribution in [1.29, 1.82) is 0 Å². The molecule has 0 spiro atoms. The Morgan fingerprint density at radius 3 is 1.43 bits per heavy atom. The molecule has 0 radical (unpaired) electrons.